The number of hydrogen-bond acceptors (Lipinski definition) is 3. The highest BCUT2D eigenvalue weighted by Crippen LogP contribution is 2.19. The van der Waals surface area contributed by atoms with Crippen LogP contribution in [0.25, 0.3) is 0 Å². The lowest BCUT2D eigenvalue weighted by Crippen LogP contribution is -2.55. The van der Waals surface area contributed by atoms with Crippen LogP contribution in [-0.4, -0.2) is 47.1 Å². The van der Waals surface area contributed by atoms with E-state index in [4.69, 9.17) is 10.5 Å². The van der Waals surface area contributed by atoms with Crippen LogP contribution in [0.2, 0.25) is 0 Å². The molecule has 0 bridgehead atoms. The Bertz CT molecular complexity index is 500. The van der Waals surface area contributed by atoms with E-state index in [0.717, 1.165) is 4.47 Å². The van der Waals surface area contributed by atoms with Crippen LogP contribution in [-0.2, 0) is 16.1 Å². The maximum atomic E-state index is 12.5. The Labute approximate surface area is 119 Å². The number of rotatable bonds is 3. The Balaban J connectivity index is 2.28. The van der Waals surface area contributed by atoms with Gasteiger partial charge in [-0.15, -0.1) is 0 Å². The number of aromatic nitrogens is 1. The molecule has 2 amide bonds. The molecule has 0 aliphatic carbocycles. The van der Waals surface area contributed by atoms with Crippen molar-refractivity contribution in [1.82, 2.24) is 9.47 Å². The lowest BCUT2D eigenvalue weighted by atomic mass is 10.2. The highest BCUT2D eigenvalue weighted by molar-refractivity contribution is 9.10. The van der Waals surface area contributed by atoms with Crippen LogP contribution in [0.5, 0.6) is 0 Å². The number of amides is 2. The number of ether oxygens (including phenoxy) is 1. The van der Waals surface area contributed by atoms with Crippen molar-refractivity contribution in [3.8, 4) is 0 Å². The van der Waals surface area contributed by atoms with Crippen molar-refractivity contribution in [3.05, 3.63) is 22.4 Å². The van der Waals surface area contributed by atoms with E-state index in [2.05, 4.69) is 15.9 Å². The summed E-state index contributed by atoms with van der Waals surface area (Å²) in [6.07, 6.45) is 1.84. The van der Waals surface area contributed by atoms with Gasteiger partial charge in [-0.2, -0.15) is 0 Å². The van der Waals surface area contributed by atoms with E-state index in [1.807, 2.05) is 17.7 Å². The molecule has 1 unspecified atom stereocenters. The van der Waals surface area contributed by atoms with Gasteiger partial charge in [0.2, 0.25) is 5.91 Å². The molecule has 104 valence electrons. The number of aryl methyl sites for hydroxylation is 1. The van der Waals surface area contributed by atoms with Crippen LogP contribution in [0.15, 0.2) is 16.7 Å². The van der Waals surface area contributed by atoms with Crippen molar-refractivity contribution >= 4 is 27.7 Å². The predicted molar refractivity (Wildman–Crippen MR) is 72.6 cm³/mol. The maximum Gasteiger partial charge on any atom is 0.271 e. The third-order valence-electron chi connectivity index (χ3n) is 3.14. The van der Waals surface area contributed by atoms with E-state index in [-0.39, 0.29) is 12.5 Å². The normalized spacial score (nSPS) is 19.5. The molecule has 1 saturated heterocycles. The van der Waals surface area contributed by atoms with Gasteiger partial charge in [-0.05, 0) is 28.9 Å². The van der Waals surface area contributed by atoms with Gasteiger partial charge in [0.15, 0.2) is 0 Å². The van der Waals surface area contributed by atoms with Crippen LogP contribution in [0.1, 0.15) is 17.4 Å². The lowest BCUT2D eigenvalue weighted by molar-refractivity contribution is -0.127. The molecule has 0 radical (unpaired) electrons. The number of hydrogen-bond donors (Lipinski definition) is 1. The summed E-state index contributed by atoms with van der Waals surface area (Å²) in [6, 6.07) is 1.06. The average molecular weight is 330 g/mol. The van der Waals surface area contributed by atoms with Gasteiger partial charge >= 0.3 is 0 Å². The molecule has 2 heterocycles. The number of carbonyl (C=O) groups is 2. The van der Waals surface area contributed by atoms with Gasteiger partial charge < -0.3 is 19.9 Å². The summed E-state index contributed by atoms with van der Waals surface area (Å²) >= 11 is 3.35. The number of carbonyl (C=O) groups excluding carboxylic acids is 2. The monoisotopic (exact) mass is 329 g/mol. The molecule has 1 fully saturated rings. The maximum absolute atomic E-state index is 12.5. The van der Waals surface area contributed by atoms with E-state index >= 15 is 0 Å². The number of nitrogens with two attached hydrogens (primary N) is 1. The van der Waals surface area contributed by atoms with Gasteiger partial charge in [-0.1, -0.05) is 0 Å². The van der Waals surface area contributed by atoms with Crippen molar-refractivity contribution in [2.75, 3.05) is 19.8 Å². The van der Waals surface area contributed by atoms with Gasteiger partial charge in [0.25, 0.3) is 5.91 Å². The second kappa shape index (κ2) is 5.75. The SMILES string of the molecule is CCn1cc(Br)cc1C(=O)N1CCOCC1C(N)=O. The van der Waals surface area contributed by atoms with Crippen molar-refractivity contribution in [2.24, 2.45) is 5.73 Å². The quantitative estimate of drug-likeness (QED) is 0.881. The second-order valence-electron chi connectivity index (χ2n) is 4.32. The number of halogens is 1. The molecule has 2 N–H and O–H groups in total. The van der Waals surface area contributed by atoms with E-state index in [9.17, 15) is 9.59 Å². The van der Waals surface area contributed by atoms with Gasteiger partial charge in [0.1, 0.15) is 11.7 Å². The summed E-state index contributed by atoms with van der Waals surface area (Å²) in [7, 11) is 0. The molecule has 1 aromatic heterocycles. The van der Waals surface area contributed by atoms with Gasteiger partial charge in [0.05, 0.1) is 13.2 Å². The fraction of sp³-hybridized carbons (Fsp3) is 0.500. The lowest BCUT2D eigenvalue weighted by Gasteiger charge is -2.33. The van der Waals surface area contributed by atoms with Crippen LogP contribution in [0, 0.1) is 0 Å². The summed E-state index contributed by atoms with van der Waals surface area (Å²) in [6.45, 7) is 3.59. The average Bonchev–Trinajstić information content (AvgIpc) is 2.79. The minimum Gasteiger partial charge on any atom is -0.377 e. The van der Waals surface area contributed by atoms with Crippen molar-refractivity contribution in [2.45, 2.75) is 19.5 Å². The fourth-order valence-electron chi connectivity index (χ4n) is 2.15. The Morgan fingerprint density at radius 2 is 2.32 bits per heavy atom. The molecule has 1 atom stereocenters. The molecular weight excluding hydrogens is 314 g/mol. The van der Waals surface area contributed by atoms with Crippen LogP contribution in [0.3, 0.4) is 0 Å². The zero-order chi connectivity index (χ0) is 14.0. The third kappa shape index (κ3) is 2.82. The Morgan fingerprint density at radius 1 is 1.58 bits per heavy atom. The molecule has 0 spiro atoms. The van der Waals surface area contributed by atoms with E-state index in [1.165, 1.54) is 4.90 Å². The number of morpholine rings is 1. The van der Waals surface area contributed by atoms with Crippen molar-refractivity contribution in [3.63, 3.8) is 0 Å². The summed E-state index contributed by atoms with van der Waals surface area (Å²) in [5, 5.41) is 0. The highest BCUT2D eigenvalue weighted by atomic mass is 79.9. The van der Waals surface area contributed by atoms with Gasteiger partial charge in [-0.25, -0.2) is 0 Å². The highest BCUT2D eigenvalue weighted by Gasteiger charge is 2.33. The predicted octanol–water partition coefficient (Wildman–Crippen LogP) is 0.597. The molecule has 1 aliphatic heterocycles. The Hall–Kier alpha value is -1.34. The summed E-state index contributed by atoms with van der Waals surface area (Å²) < 4.78 is 7.88. The minimum atomic E-state index is -0.694. The van der Waals surface area contributed by atoms with Crippen LogP contribution < -0.4 is 5.73 Å². The van der Waals surface area contributed by atoms with Crippen LogP contribution in [0.4, 0.5) is 0 Å². The molecule has 19 heavy (non-hydrogen) atoms. The van der Waals surface area contributed by atoms with E-state index in [0.29, 0.717) is 25.4 Å². The first-order valence-electron chi connectivity index (χ1n) is 6.08. The standard InChI is InChI=1S/C12H16BrN3O3/c1-2-15-6-8(13)5-9(15)12(18)16-3-4-19-7-10(16)11(14)17/h5-6,10H,2-4,7H2,1H3,(H2,14,17). The van der Waals surface area contributed by atoms with Crippen molar-refractivity contribution < 1.29 is 14.3 Å². The van der Waals surface area contributed by atoms with E-state index in [1.54, 1.807) is 6.07 Å². The van der Waals surface area contributed by atoms with Gasteiger partial charge in [-0.3, -0.25) is 9.59 Å². The second-order valence-corrected chi connectivity index (χ2v) is 5.24. The molecule has 1 aromatic rings. The number of nitrogens with zero attached hydrogens (tertiary/aromatic N) is 2. The van der Waals surface area contributed by atoms with E-state index < -0.39 is 11.9 Å². The molecule has 6 nitrogen and oxygen atoms in total. The minimum absolute atomic E-state index is 0.162. The topological polar surface area (TPSA) is 77.6 Å². The molecule has 0 saturated carbocycles. The summed E-state index contributed by atoms with van der Waals surface area (Å²) in [5.41, 5.74) is 5.86. The summed E-state index contributed by atoms with van der Waals surface area (Å²) in [5.74, 6) is -0.735. The largest absolute Gasteiger partial charge is 0.377 e. The summed E-state index contributed by atoms with van der Waals surface area (Å²) in [4.78, 5) is 25.4. The first kappa shape index (κ1) is 14.1. The Kier molecular flexibility index (Phi) is 4.26. The van der Waals surface area contributed by atoms with Crippen LogP contribution >= 0.6 is 15.9 Å². The fourth-order valence-corrected chi connectivity index (χ4v) is 2.61. The molecular formula is C12H16BrN3O3. The molecule has 1 aliphatic rings. The van der Waals surface area contributed by atoms with Crippen molar-refractivity contribution in [1.29, 1.82) is 0 Å². The van der Waals surface area contributed by atoms with Gasteiger partial charge in [0, 0.05) is 23.8 Å². The number of primary amides is 1. The Morgan fingerprint density at radius 3 is 2.95 bits per heavy atom. The zero-order valence-electron chi connectivity index (χ0n) is 10.6. The first-order chi connectivity index (χ1) is 9.04. The smallest absolute Gasteiger partial charge is 0.271 e. The molecule has 0 aromatic carbocycles. The molecule has 2 rings (SSSR count). The zero-order valence-corrected chi connectivity index (χ0v) is 12.2. The first-order valence-corrected chi connectivity index (χ1v) is 6.87. The molecule has 7 heteroatoms. The third-order valence-corrected chi connectivity index (χ3v) is 3.57.